The van der Waals surface area contributed by atoms with Gasteiger partial charge in [-0.25, -0.2) is 14.4 Å². The Kier molecular flexibility index (Phi) is 9.51. The van der Waals surface area contributed by atoms with E-state index in [1.165, 1.54) is 19.1 Å². The van der Waals surface area contributed by atoms with Gasteiger partial charge < -0.3 is 29.5 Å². The summed E-state index contributed by atoms with van der Waals surface area (Å²) >= 11 is 0. The van der Waals surface area contributed by atoms with Crippen LogP contribution in [-0.4, -0.2) is 53.1 Å². The number of hydrogen-bond acceptors (Lipinski definition) is 9. The van der Waals surface area contributed by atoms with Crippen molar-refractivity contribution in [3.05, 3.63) is 33.9 Å². The molecule has 1 aromatic carbocycles. The molecule has 0 bridgehead atoms. The molecule has 0 aliphatic rings. The van der Waals surface area contributed by atoms with E-state index in [9.17, 15) is 24.5 Å². The van der Waals surface area contributed by atoms with Gasteiger partial charge in [0, 0.05) is 0 Å². The number of carbonyl (C=O) groups excluding carboxylic acids is 2. The number of nitrogens with one attached hydrogen (secondary N) is 1. The third-order valence-electron chi connectivity index (χ3n) is 3.48. The van der Waals surface area contributed by atoms with Gasteiger partial charge in [-0.1, -0.05) is 0 Å². The normalized spacial score (nSPS) is 11.7. The molecular weight excluding hydrogens is 416 g/mol. The minimum Gasteiger partial charge on any atom is -0.490 e. The zero-order valence-electron chi connectivity index (χ0n) is 17.7. The van der Waals surface area contributed by atoms with Crippen LogP contribution in [0, 0.1) is 10.1 Å². The van der Waals surface area contributed by atoms with Crippen molar-refractivity contribution in [3.63, 3.8) is 0 Å². The Labute approximate surface area is 178 Å². The Bertz CT molecular complexity index is 803. The van der Waals surface area contributed by atoms with Crippen molar-refractivity contribution in [3.8, 4) is 11.5 Å². The lowest BCUT2D eigenvalue weighted by Gasteiger charge is -2.21. The van der Waals surface area contributed by atoms with Crippen LogP contribution in [0.1, 0.15) is 50.9 Å². The highest BCUT2D eigenvalue weighted by atomic mass is 16.9. The molecule has 1 aromatic rings. The first-order valence-electron chi connectivity index (χ1n) is 9.37. The largest absolute Gasteiger partial charge is 0.490 e. The fourth-order valence-electron chi connectivity index (χ4n) is 2.11. The van der Waals surface area contributed by atoms with Gasteiger partial charge in [0.25, 0.3) is 5.09 Å². The fraction of sp³-hybridized carbons (Fsp3) is 0.526. The van der Waals surface area contributed by atoms with Crippen LogP contribution in [0.4, 0.5) is 4.79 Å². The van der Waals surface area contributed by atoms with Crippen molar-refractivity contribution in [2.24, 2.45) is 0 Å². The molecule has 1 amide bonds. The Balaban J connectivity index is 2.77. The molecule has 1 atom stereocenters. The van der Waals surface area contributed by atoms with Crippen molar-refractivity contribution in [2.45, 2.75) is 52.2 Å². The third kappa shape index (κ3) is 10.1. The van der Waals surface area contributed by atoms with Crippen LogP contribution < -0.4 is 14.8 Å². The van der Waals surface area contributed by atoms with E-state index in [0.29, 0.717) is 12.8 Å². The molecule has 1 rings (SSSR count). The van der Waals surface area contributed by atoms with Crippen molar-refractivity contribution in [1.29, 1.82) is 0 Å². The van der Waals surface area contributed by atoms with E-state index in [4.69, 9.17) is 19.3 Å². The zero-order chi connectivity index (χ0) is 23.6. The first kappa shape index (κ1) is 25.5. The molecule has 0 saturated carbocycles. The van der Waals surface area contributed by atoms with Gasteiger partial charge in [-0.2, -0.15) is 0 Å². The molecule has 2 N–H and O–H groups in total. The summed E-state index contributed by atoms with van der Waals surface area (Å²) in [5, 5.41) is 20.7. The number of rotatable bonds is 11. The van der Waals surface area contributed by atoms with Crippen LogP contribution in [0.5, 0.6) is 11.5 Å². The van der Waals surface area contributed by atoms with Crippen LogP contribution in [0.2, 0.25) is 0 Å². The van der Waals surface area contributed by atoms with E-state index >= 15 is 0 Å². The van der Waals surface area contributed by atoms with E-state index < -0.39 is 34.8 Å². The van der Waals surface area contributed by atoms with Gasteiger partial charge in [-0.15, -0.1) is 10.1 Å². The van der Waals surface area contributed by atoms with E-state index in [1.807, 2.05) is 0 Å². The molecule has 172 valence electrons. The predicted molar refractivity (Wildman–Crippen MR) is 106 cm³/mol. The lowest BCUT2D eigenvalue weighted by atomic mass is 10.2. The lowest BCUT2D eigenvalue weighted by Crippen LogP contribution is -2.43. The molecule has 0 aromatic heterocycles. The number of carboxylic acids is 1. The number of hydrogen-bond donors (Lipinski definition) is 2. The number of aromatic carboxylic acids is 1. The van der Waals surface area contributed by atoms with Crippen LogP contribution in [0.15, 0.2) is 18.2 Å². The number of ether oxygens (including phenoxy) is 3. The number of nitrogens with zero attached hydrogens (tertiary/aromatic N) is 1. The molecule has 31 heavy (non-hydrogen) atoms. The number of alkyl carbamates (subject to hydrolysis) is 1. The minimum atomic E-state index is -1.24. The summed E-state index contributed by atoms with van der Waals surface area (Å²) in [5.74, 6) is -2.15. The highest BCUT2D eigenvalue weighted by Crippen LogP contribution is 2.29. The maximum absolute atomic E-state index is 12.4. The standard InChI is InChI=1S/C19H26N2O10/c1-12(20-18(25)31-19(2,3)4)17(24)30-15-11-13(16(22)23)7-8-14(15)28-9-5-6-10-29-21(26)27/h7-8,11-12H,5-6,9-10H2,1-4H3,(H,20,25)(H,22,23). The molecule has 0 spiro atoms. The first-order valence-corrected chi connectivity index (χ1v) is 9.37. The molecule has 12 nitrogen and oxygen atoms in total. The lowest BCUT2D eigenvalue weighted by molar-refractivity contribution is -0.757. The van der Waals surface area contributed by atoms with Gasteiger partial charge in [0.2, 0.25) is 0 Å². The summed E-state index contributed by atoms with van der Waals surface area (Å²) < 4.78 is 15.8. The van der Waals surface area contributed by atoms with E-state index in [1.54, 1.807) is 20.8 Å². The van der Waals surface area contributed by atoms with Crippen LogP contribution in [-0.2, 0) is 14.4 Å². The summed E-state index contributed by atoms with van der Waals surface area (Å²) in [5.41, 5.74) is -0.891. The Morgan fingerprint density at radius 2 is 1.81 bits per heavy atom. The van der Waals surface area contributed by atoms with Gasteiger partial charge in [-0.3, -0.25) is 0 Å². The van der Waals surface area contributed by atoms with Crippen molar-refractivity contribution in [1.82, 2.24) is 5.32 Å². The molecule has 0 saturated heterocycles. The van der Waals surface area contributed by atoms with E-state index in [-0.39, 0.29) is 30.3 Å². The van der Waals surface area contributed by atoms with Crippen LogP contribution >= 0.6 is 0 Å². The quantitative estimate of drug-likeness (QED) is 0.171. The summed E-state index contributed by atoms with van der Waals surface area (Å²) in [6, 6.07) is 2.63. The number of esters is 1. The van der Waals surface area contributed by atoms with Gasteiger partial charge in [0.15, 0.2) is 11.5 Å². The van der Waals surface area contributed by atoms with Crippen molar-refractivity contribution >= 4 is 18.0 Å². The average Bonchev–Trinajstić information content (AvgIpc) is 2.63. The molecule has 0 aliphatic heterocycles. The maximum atomic E-state index is 12.4. The number of unbranched alkanes of at least 4 members (excludes halogenated alkanes) is 1. The van der Waals surface area contributed by atoms with E-state index in [2.05, 4.69) is 10.2 Å². The van der Waals surface area contributed by atoms with Gasteiger partial charge >= 0.3 is 18.0 Å². The molecule has 12 heteroatoms. The van der Waals surface area contributed by atoms with Gasteiger partial charge in [-0.05, 0) is 58.7 Å². The van der Waals surface area contributed by atoms with Crippen molar-refractivity contribution < 1.29 is 43.6 Å². The molecule has 0 radical (unpaired) electrons. The zero-order valence-corrected chi connectivity index (χ0v) is 17.7. The van der Waals surface area contributed by atoms with Gasteiger partial charge in [0.05, 0.1) is 18.8 Å². The van der Waals surface area contributed by atoms with Crippen LogP contribution in [0.25, 0.3) is 0 Å². The highest BCUT2D eigenvalue weighted by molar-refractivity contribution is 5.89. The second-order valence-corrected chi connectivity index (χ2v) is 7.37. The number of carbonyl (C=O) groups is 3. The third-order valence-corrected chi connectivity index (χ3v) is 3.48. The van der Waals surface area contributed by atoms with Gasteiger partial charge in [0.1, 0.15) is 11.6 Å². The summed E-state index contributed by atoms with van der Waals surface area (Å²) in [4.78, 5) is 49.7. The topological polar surface area (TPSA) is 164 Å². The van der Waals surface area contributed by atoms with Crippen LogP contribution in [0.3, 0.4) is 0 Å². The second-order valence-electron chi connectivity index (χ2n) is 7.37. The number of carboxylic acid groups (broad SMARTS) is 1. The Morgan fingerprint density at radius 3 is 2.39 bits per heavy atom. The molecular formula is C19H26N2O10. The predicted octanol–water partition coefficient (Wildman–Crippen LogP) is 2.57. The molecule has 0 heterocycles. The fourth-order valence-corrected chi connectivity index (χ4v) is 2.11. The molecule has 0 aliphatic carbocycles. The monoisotopic (exact) mass is 442 g/mol. The second kappa shape index (κ2) is 11.6. The minimum absolute atomic E-state index is 0.0932. The smallest absolute Gasteiger partial charge is 0.408 e. The molecule has 0 fully saturated rings. The SMILES string of the molecule is CC(NC(=O)OC(C)(C)C)C(=O)Oc1cc(C(=O)O)ccc1OCCCCO[N+](=O)[O-]. The summed E-state index contributed by atoms with van der Waals surface area (Å²) in [6.45, 7) is 6.40. The molecule has 1 unspecified atom stereocenters. The summed E-state index contributed by atoms with van der Waals surface area (Å²) in [6.07, 6.45) is -0.0665. The van der Waals surface area contributed by atoms with E-state index in [0.717, 1.165) is 6.07 Å². The number of benzene rings is 1. The Morgan fingerprint density at radius 1 is 1.16 bits per heavy atom. The summed E-state index contributed by atoms with van der Waals surface area (Å²) in [7, 11) is 0. The maximum Gasteiger partial charge on any atom is 0.408 e. The van der Waals surface area contributed by atoms with Crippen molar-refractivity contribution in [2.75, 3.05) is 13.2 Å². The highest BCUT2D eigenvalue weighted by Gasteiger charge is 2.23. The first-order chi connectivity index (χ1) is 14.4. The number of amides is 1. The average molecular weight is 442 g/mol. The Hall–Kier alpha value is -3.57.